The Bertz CT molecular complexity index is 380. The Kier molecular flexibility index (Phi) is 3.29. The molecule has 0 unspecified atom stereocenters. The molecule has 2 N–H and O–H groups in total. The Balaban J connectivity index is 1.85. The van der Waals surface area contributed by atoms with Gasteiger partial charge in [-0.3, -0.25) is 0 Å². The van der Waals surface area contributed by atoms with Gasteiger partial charge in [0.2, 0.25) is 5.76 Å². The summed E-state index contributed by atoms with van der Waals surface area (Å²) in [6.07, 6.45) is 3.98. The maximum absolute atomic E-state index is 10.7. The number of rotatable bonds is 5. The van der Waals surface area contributed by atoms with Crippen molar-refractivity contribution in [2.45, 2.75) is 32.7 Å². The second kappa shape index (κ2) is 4.70. The molecule has 1 fully saturated rings. The minimum atomic E-state index is -1.01. The largest absolute Gasteiger partial charge is 0.475 e. The molecule has 0 aromatic carbocycles. The fraction of sp³-hybridized carbons (Fsp3) is 0.583. The number of hydrogen-bond acceptors (Lipinski definition) is 3. The molecule has 0 atom stereocenters. The number of hydrogen-bond donors (Lipinski definition) is 2. The van der Waals surface area contributed by atoms with Crippen molar-refractivity contribution >= 4 is 5.97 Å². The van der Waals surface area contributed by atoms with E-state index in [1.54, 1.807) is 13.0 Å². The Morgan fingerprint density at radius 3 is 2.88 bits per heavy atom. The van der Waals surface area contributed by atoms with Crippen LogP contribution in [0.1, 0.15) is 41.1 Å². The van der Waals surface area contributed by atoms with E-state index in [1.165, 1.54) is 19.3 Å². The van der Waals surface area contributed by atoms with E-state index in [4.69, 9.17) is 9.52 Å². The first-order valence-corrected chi connectivity index (χ1v) is 5.70. The minimum absolute atomic E-state index is 0.0259. The van der Waals surface area contributed by atoms with E-state index in [-0.39, 0.29) is 5.76 Å². The van der Waals surface area contributed by atoms with Crippen molar-refractivity contribution in [3.8, 4) is 0 Å². The average Bonchev–Trinajstić information content (AvgIpc) is 2.52. The quantitative estimate of drug-likeness (QED) is 0.803. The second-order valence-corrected chi connectivity index (χ2v) is 4.43. The van der Waals surface area contributed by atoms with E-state index in [9.17, 15) is 4.79 Å². The van der Waals surface area contributed by atoms with Gasteiger partial charge in [-0.05, 0) is 38.3 Å². The fourth-order valence-corrected chi connectivity index (χ4v) is 1.91. The molecule has 16 heavy (non-hydrogen) atoms. The van der Waals surface area contributed by atoms with E-state index >= 15 is 0 Å². The number of carbonyl (C=O) groups is 1. The van der Waals surface area contributed by atoms with E-state index < -0.39 is 5.97 Å². The predicted octanol–water partition coefficient (Wildman–Crippen LogP) is 2.18. The molecule has 0 saturated heterocycles. The molecular weight excluding hydrogens is 206 g/mol. The summed E-state index contributed by atoms with van der Waals surface area (Å²) in [5.41, 5.74) is 0.941. The van der Waals surface area contributed by atoms with Crippen molar-refractivity contribution in [1.82, 2.24) is 5.32 Å². The number of aromatic carboxylic acids is 1. The SMILES string of the molecule is Cc1oc(C(=O)O)cc1CNCC1CCC1. The zero-order chi connectivity index (χ0) is 11.5. The molecule has 1 aromatic heterocycles. The summed E-state index contributed by atoms with van der Waals surface area (Å²) in [6.45, 7) is 3.51. The summed E-state index contributed by atoms with van der Waals surface area (Å²) >= 11 is 0. The van der Waals surface area contributed by atoms with E-state index in [0.717, 1.165) is 18.0 Å². The number of furan rings is 1. The van der Waals surface area contributed by atoms with Gasteiger partial charge in [-0.2, -0.15) is 0 Å². The molecule has 1 aliphatic rings. The van der Waals surface area contributed by atoms with Gasteiger partial charge in [-0.1, -0.05) is 6.42 Å². The highest BCUT2D eigenvalue weighted by Gasteiger charge is 2.17. The van der Waals surface area contributed by atoms with Crippen LogP contribution in [0.15, 0.2) is 10.5 Å². The molecule has 0 amide bonds. The normalized spacial score (nSPS) is 16.1. The van der Waals surface area contributed by atoms with Crippen molar-refractivity contribution in [2.24, 2.45) is 5.92 Å². The minimum Gasteiger partial charge on any atom is -0.475 e. The van der Waals surface area contributed by atoms with Gasteiger partial charge in [0.05, 0.1) is 0 Å². The standard InChI is InChI=1S/C12H17NO3/c1-8-10(5-11(16-8)12(14)15)7-13-6-9-3-2-4-9/h5,9,13H,2-4,6-7H2,1H3,(H,14,15). The summed E-state index contributed by atoms with van der Waals surface area (Å²) in [7, 11) is 0. The van der Waals surface area contributed by atoms with Gasteiger partial charge >= 0.3 is 5.97 Å². The summed E-state index contributed by atoms with van der Waals surface area (Å²) in [6, 6.07) is 1.60. The fourth-order valence-electron chi connectivity index (χ4n) is 1.91. The zero-order valence-corrected chi connectivity index (χ0v) is 9.45. The highest BCUT2D eigenvalue weighted by Crippen LogP contribution is 2.25. The number of aryl methyl sites for hydroxylation is 1. The summed E-state index contributed by atoms with van der Waals surface area (Å²) < 4.78 is 5.13. The van der Waals surface area contributed by atoms with E-state index in [1.807, 2.05) is 0 Å². The van der Waals surface area contributed by atoms with Crippen molar-refractivity contribution in [3.05, 3.63) is 23.2 Å². The van der Waals surface area contributed by atoms with Crippen molar-refractivity contribution in [2.75, 3.05) is 6.54 Å². The van der Waals surface area contributed by atoms with Gasteiger partial charge in [-0.25, -0.2) is 4.79 Å². The molecule has 0 bridgehead atoms. The van der Waals surface area contributed by atoms with Crippen LogP contribution in [0.2, 0.25) is 0 Å². The Labute approximate surface area is 94.6 Å². The third-order valence-corrected chi connectivity index (χ3v) is 3.20. The predicted molar refractivity (Wildman–Crippen MR) is 59.5 cm³/mol. The van der Waals surface area contributed by atoms with Crippen LogP contribution in [-0.2, 0) is 6.54 Å². The first-order valence-electron chi connectivity index (χ1n) is 5.70. The highest BCUT2D eigenvalue weighted by atomic mass is 16.4. The van der Waals surface area contributed by atoms with E-state index in [2.05, 4.69) is 5.32 Å². The zero-order valence-electron chi connectivity index (χ0n) is 9.45. The van der Waals surface area contributed by atoms with Crippen LogP contribution in [0.25, 0.3) is 0 Å². The second-order valence-electron chi connectivity index (χ2n) is 4.43. The third-order valence-electron chi connectivity index (χ3n) is 3.20. The molecule has 0 aliphatic heterocycles. The van der Waals surface area contributed by atoms with Crippen LogP contribution >= 0.6 is 0 Å². The number of carboxylic acids is 1. The van der Waals surface area contributed by atoms with Crippen LogP contribution in [0.5, 0.6) is 0 Å². The van der Waals surface area contributed by atoms with Gasteiger partial charge in [0.25, 0.3) is 0 Å². The third kappa shape index (κ3) is 2.44. The summed E-state index contributed by atoms with van der Waals surface area (Å²) in [5.74, 6) is 0.524. The molecule has 1 saturated carbocycles. The molecular formula is C12H17NO3. The molecule has 4 nitrogen and oxygen atoms in total. The van der Waals surface area contributed by atoms with Crippen molar-refractivity contribution in [1.29, 1.82) is 0 Å². The lowest BCUT2D eigenvalue weighted by molar-refractivity contribution is 0.0661. The van der Waals surface area contributed by atoms with Gasteiger partial charge in [0.15, 0.2) is 0 Å². The Hall–Kier alpha value is -1.29. The summed E-state index contributed by atoms with van der Waals surface area (Å²) in [4.78, 5) is 10.7. The van der Waals surface area contributed by atoms with Gasteiger partial charge < -0.3 is 14.8 Å². The van der Waals surface area contributed by atoms with Crippen LogP contribution in [0.4, 0.5) is 0 Å². The van der Waals surface area contributed by atoms with Crippen LogP contribution in [0.3, 0.4) is 0 Å². The van der Waals surface area contributed by atoms with Crippen LogP contribution in [-0.4, -0.2) is 17.6 Å². The smallest absolute Gasteiger partial charge is 0.371 e. The number of carboxylic acid groups (broad SMARTS) is 1. The van der Waals surface area contributed by atoms with Crippen LogP contribution in [0, 0.1) is 12.8 Å². The Morgan fingerprint density at radius 1 is 1.62 bits per heavy atom. The molecule has 2 rings (SSSR count). The summed E-state index contributed by atoms with van der Waals surface area (Å²) in [5, 5.41) is 12.1. The molecule has 1 aliphatic carbocycles. The first kappa shape index (κ1) is 11.2. The lowest BCUT2D eigenvalue weighted by Gasteiger charge is -2.25. The van der Waals surface area contributed by atoms with Gasteiger partial charge in [0, 0.05) is 12.1 Å². The highest BCUT2D eigenvalue weighted by molar-refractivity contribution is 5.84. The monoisotopic (exact) mass is 223 g/mol. The van der Waals surface area contributed by atoms with E-state index in [0.29, 0.717) is 12.3 Å². The molecule has 0 radical (unpaired) electrons. The van der Waals surface area contributed by atoms with Gasteiger partial charge in [-0.15, -0.1) is 0 Å². The van der Waals surface area contributed by atoms with Crippen molar-refractivity contribution in [3.63, 3.8) is 0 Å². The topological polar surface area (TPSA) is 62.5 Å². The lowest BCUT2D eigenvalue weighted by atomic mass is 9.85. The number of nitrogens with one attached hydrogen (secondary N) is 1. The molecule has 88 valence electrons. The van der Waals surface area contributed by atoms with Gasteiger partial charge in [0.1, 0.15) is 5.76 Å². The molecule has 4 heteroatoms. The van der Waals surface area contributed by atoms with Crippen molar-refractivity contribution < 1.29 is 14.3 Å². The first-order chi connectivity index (χ1) is 7.66. The Morgan fingerprint density at radius 2 is 2.38 bits per heavy atom. The molecule has 0 spiro atoms. The van der Waals surface area contributed by atoms with Crippen LogP contribution < -0.4 is 5.32 Å². The molecule has 1 heterocycles. The maximum atomic E-state index is 10.7. The lowest BCUT2D eigenvalue weighted by Crippen LogP contribution is -2.26. The average molecular weight is 223 g/mol. The maximum Gasteiger partial charge on any atom is 0.371 e. The molecule has 1 aromatic rings.